The Bertz CT molecular complexity index is 1650. The minimum atomic E-state index is -4.64. The lowest BCUT2D eigenvalue weighted by Gasteiger charge is -2.33. The number of amides is 3. The molecule has 0 N–H and O–H groups in total. The molecule has 10 nitrogen and oxygen atoms in total. The number of rotatable bonds is 7. The maximum absolute atomic E-state index is 13.9. The first-order valence-electron chi connectivity index (χ1n) is 14.2. The Labute approximate surface area is 268 Å². The summed E-state index contributed by atoms with van der Waals surface area (Å²) >= 11 is 12.5. The zero-order chi connectivity index (χ0) is 32.8. The number of anilines is 3. The van der Waals surface area contributed by atoms with Gasteiger partial charge >= 0.3 is 6.18 Å². The maximum Gasteiger partial charge on any atom is 0.416 e. The van der Waals surface area contributed by atoms with Gasteiger partial charge in [-0.1, -0.05) is 17.7 Å². The van der Waals surface area contributed by atoms with Crippen molar-refractivity contribution in [3.8, 4) is 0 Å². The predicted molar refractivity (Wildman–Crippen MR) is 164 cm³/mol. The van der Waals surface area contributed by atoms with Crippen LogP contribution in [0.2, 0.25) is 5.02 Å². The Kier molecular flexibility index (Phi) is 9.05. The molecular weight excluding hydrogens is 634 g/mol. The number of halogens is 5. The van der Waals surface area contributed by atoms with Crippen LogP contribution in [0.5, 0.6) is 0 Å². The van der Waals surface area contributed by atoms with Crippen LogP contribution in [0.3, 0.4) is 0 Å². The molecule has 240 valence electrons. The normalized spacial score (nSPS) is 18.3. The maximum atomic E-state index is 13.9. The van der Waals surface area contributed by atoms with Crippen molar-refractivity contribution in [2.75, 3.05) is 34.7 Å². The lowest BCUT2D eigenvalue weighted by Crippen LogP contribution is -2.46. The Morgan fingerprint density at radius 3 is 2.58 bits per heavy atom. The van der Waals surface area contributed by atoms with Crippen LogP contribution in [0.15, 0.2) is 36.5 Å². The third kappa shape index (κ3) is 6.46. The second-order valence-corrected chi connectivity index (χ2v) is 12.0. The van der Waals surface area contributed by atoms with E-state index in [-0.39, 0.29) is 42.2 Å². The number of alkyl halides is 4. The van der Waals surface area contributed by atoms with E-state index in [1.807, 2.05) is 22.6 Å². The zero-order valence-corrected chi connectivity index (χ0v) is 26.6. The molecule has 1 fully saturated rings. The number of para-hydroxylation sites is 1. The SMILES string of the molecule is Cc1cc(C(F)(F)F)cc(N2C(=O)CC[C@H]2C(=O)N(C)c2cccc(Cl)c2N(C)Cc2cn3c(n2)CN(C(=O)CCl)[C@H](C)C3)n1. The van der Waals surface area contributed by atoms with Crippen molar-refractivity contribution in [2.45, 2.75) is 64.6 Å². The highest BCUT2D eigenvalue weighted by Crippen LogP contribution is 2.38. The van der Waals surface area contributed by atoms with E-state index in [9.17, 15) is 27.6 Å². The van der Waals surface area contributed by atoms with Crippen molar-refractivity contribution in [3.05, 3.63) is 64.3 Å². The van der Waals surface area contributed by atoms with Crippen molar-refractivity contribution in [1.29, 1.82) is 0 Å². The second kappa shape index (κ2) is 12.5. The summed E-state index contributed by atoms with van der Waals surface area (Å²) in [5, 5.41) is 0.362. The largest absolute Gasteiger partial charge is 0.416 e. The van der Waals surface area contributed by atoms with E-state index in [1.165, 1.54) is 18.9 Å². The first-order valence-corrected chi connectivity index (χ1v) is 15.2. The van der Waals surface area contributed by atoms with Crippen LogP contribution in [-0.4, -0.2) is 69.2 Å². The van der Waals surface area contributed by atoms with Crippen LogP contribution < -0.4 is 14.7 Å². The third-order valence-corrected chi connectivity index (χ3v) is 8.63. The Balaban J connectivity index is 1.40. The first-order chi connectivity index (χ1) is 21.2. The second-order valence-electron chi connectivity index (χ2n) is 11.3. The van der Waals surface area contributed by atoms with Gasteiger partial charge in [0.25, 0.3) is 0 Å². The fraction of sp³-hybridized carbons (Fsp3) is 0.433. The number of hydrogen-bond donors (Lipinski definition) is 0. The number of pyridine rings is 1. The van der Waals surface area contributed by atoms with Gasteiger partial charge in [-0.25, -0.2) is 9.97 Å². The summed E-state index contributed by atoms with van der Waals surface area (Å²) < 4.78 is 42.7. The van der Waals surface area contributed by atoms with Gasteiger partial charge < -0.3 is 19.3 Å². The molecule has 2 atom stereocenters. The molecule has 0 saturated carbocycles. The number of aryl methyl sites for hydroxylation is 1. The molecule has 3 aromatic rings. The van der Waals surface area contributed by atoms with E-state index >= 15 is 0 Å². The van der Waals surface area contributed by atoms with Gasteiger partial charge in [0.15, 0.2) is 0 Å². The summed E-state index contributed by atoms with van der Waals surface area (Å²) in [6, 6.07) is 5.67. The molecule has 45 heavy (non-hydrogen) atoms. The predicted octanol–water partition coefficient (Wildman–Crippen LogP) is 5.02. The quantitative estimate of drug-likeness (QED) is 0.329. The molecule has 3 amide bonds. The van der Waals surface area contributed by atoms with Crippen molar-refractivity contribution in [2.24, 2.45) is 0 Å². The smallest absolute Gasteiger partial charge is 0.366 e. The molecule has 5 rings (SSSR count). The molecule has 2 aliphatic rings. The Morgan fingerprint density at radius 2 is 1.89 bits per heavy atom. The zero-order valence-electron chi connectivity index (χ0n) is 25.1. The number of fused-ring (bicyclic) bond motifs is 1. The summed E-state index contributed by atoms with van der Waals surface area (Å²) in [6.07, 6.45) is -2.62. The molecule has 0 bridgehead atoms. The molecule has 2 aromatic heterocycles. The van der Waals surface area contributed by atoms with E-state index in [0.717, 1.165) is 28.6 Å². The van der Waals surface area contributed by atoms with Crippen LogP contribution in [-0.2, 0) is 40.2 Å². The van der Waals surface area contributed by atoms with Crippen LogP contribution in [0.4, 0.5) is 30.4 Å². The number of aromatic nitrogens is 3. The number of hydrogen-bond acceptors (Lipinski definition) is 6. The van der Waals surface area contributed by atoms with Crippen molar-refractivity contribution < 1.29 is 27.6 Å². The fourth-order valence-electron chi connectivity index (χ4n) is 5.94. The summed E-state index contributed by atoms with van der Waals surface area (Å²) in [5.41, 5.74) is 0.817. The summed E-state index contributed by atoms with van der Waals surface area (Å²) in [4.78, 5) is 54.0. The van der Waals surface area contributed by atoms with E-state index < -0.39 is 29.6 Å². The molecule has 0 aliphatic carbocycles. The van der Waals surface area contributed by atoms with Gasteiger partial charge in [-0.2, -0.15) is 13.2 Å². The van der Waals surface area contributed by atoms with Crippen molar-refractivity contribution >= 4 is 58.1 Å². The molecule has 2 aliphatic heterocycles. The molecule has 1 saturated heterocycles. The van der Waals surface area contributed by atoms with E-state index in [1.54, 1.807) is 30.1 Å². The van der Waals surface area contributed by atoms with Gasteiger partial charge in [0, 0.05) is 45.0 Å². The summed E-state index contributed by atoms with van der Waals surface area (Å²) in [5.74, 6) is -0.737. The van der Waals surface area contributed by atoms with Crippen molar-refractivity contribution in [1.82, 2.24) is 19.4 Å². The van der Waals surface area contributed by atoms with Crippen LogP contribution in [0.25, 0.3) is 0 Å². The van der Waals surface area contributed by atoms with Crippen molar-refractivity contribution in [3.63, 3.8) is 0 Å². The minimum Gasteiger partial charge on any atom is -0.366 e. The molecule has 0 unspecified atom stereocenters. The van der Waals surface area contributed by atoms with Crippen LogP contribution in [0, 0.1) is 6.92 Å². The topological polar surface area (TPSA) is 94.9 Å². The molecule has 0 radical (unpaired) electrons. The lowest BCUT2D eigenvalue weighted by atomic mass is 10.1. The average Bonchev–Trinajstić information content (AvgIpc) is 3.56. The van der Waals surface area contributed by atoms with Gasteiger partial charge in [0.05, 0.1) is 40.7 Å². The van der Waals surface area contributed by atoms with Crippen LogP contribution >= 0.6 is 23.2 Å². The van der Waals surface area contributed by atoms with E-state index in [0.29, 0.717) is 36.0 Å². The highest BCUT2D eigenvalue weighted by Gasteiger charge is 2.41. The molecule has 15 heteroatoms. The highest BCUT2D eigenvalue weighted by molar-refractivity contribution is 6.34. The van der Waals surface area contributed by atoms with Gasteiger partial charge in [0.1, 0.15) is 23.6 Å². The Hall–Kier alpha value is -3.84. The Morgan fingerprint density at radius 1 is 1.16 bits per heavy atom. The number of benzene rings is 1. The number of carbonyl (C=O) groups excluding carboxylic acids is 3. The molecule has 4 heterocycles. The van der Waals surface area contributed by atoms with Gasteiger partial charge in [-0.05, 0) is 44.5 Å². The van der Waals surface area contributed by atoms with E-state index in [4.69, 9.17) is 28.2 Å². The third-order valence-electron chi connectivity index (χ3n) is 8.10. The minimum absolute atomic E-state index is 0.0128. The number of nitrogens with zero attached hydrogens (tertiary/aromatic N) is 7. The molecular formula is C30H32Cl2F3N7O3. The fourth-order valence-corrected chi connectivity index (χ4v) is 6.40. The van der Waals surface area contributed by atoms with Crippen LogP contribution in [0.1, 0.15) is 42.5 Å². The van der Waals surface area contributed by atoms with E-state index in [2.05, 4.69) is 4.98 Å². The number of imidazole rings is 1. The lowest BCUT2D eigenvalue weighted by molar-refractivity contribution is -0.137. The standard InChI is InChI=1S/C30H32Cl2F3N7O3/c1-17-10-19(30(33,34)35)11-24(36-17)42-23(8-9-26(42)43)29(45)39(4)22-7-5-6-21(32)28(22)38(3)14-20-15-40-13-18(2)41(27(44)12-31)16-25(40)37-20/h5-7,10-11,15,18,23H,8-9,12-14,16H2,1-4H3/t18-,23+/m1/s1. The molecule has 1 aromatic carbocycles. The summed E-state index contributed by atoms with van der Waals surface area (Å²) in [7, 11) is 3.34. The molecule has 0 spiro atoms. The van der Waals surface area contributed by atoms with Gasteiger partial charge in [-0.3, -0.25) is 19.3 Å². The first kappa shape index (κ1) is 32.6. The van der Waals surface area contributed by atoms with Gasteiger partial charge in [0.2, 0.25) is 17.7 Å². The monoisotopic (exact) mass is 665 g/mol. The number of likely N-dealkylation sites (N-methyl/N-ethyl adjacent to an activating group) is 1. The highest BCUT2D eigenvalue weighted by atomic mass is 35.5. The van der Waals surface area contributed by atoms with Gasteiger partial charge in [-0.15, -0.1) is 11.6 Å². The average molecular weight is 667 g/mol. The summed E-state index contributed by atoms with van der Waals surface area (Å²) in [6.45, 7) is 4.58. The number of carbonyl (C=O) groups is 3.